The summed E-state index contributed by atoms with van der Waals surface area (Å²) in [6, 6.07) is -8.74. The molecule has 31 nitrogen and oxygen atoms in total. The molecular weight excluding hydrogens is 1060 g/mol. The highest BCUT2D eigenvalue weighted by atomic mass is 16.2. The first-order valence-corrected chi connectivity index (χ1v) is 26.6. The van der Waals surface area contributed by atoms with Gasteiger partial charge < -0.3 is 85.9 Å². The average molecular weight is 1140 g/mol. The van der Waals surface area contributed by atoms with Gasteiger partial charge in [-0.25, -0.2) is 0 Å². The first-order chi connectivity index (χ1) is 37.2. The summed E-state index contributed by atoms with van der Waals surface area (Å²) in [5.41, 5.74) is 3.52. The van der Waals surface area contributed by atoms with Crippen LogP contribution >= 0.6 is 0 Å². The zero-order valence-corrected chi connectivity index (χ0v) is 47.1. The van der Waals surface area contributed by atoms with Crippen LogP contribution in [-0.2, 0) is 71.9 Å². The van der Waals surface area contributed by atoms with Gasteiger partial charge in [0, 0.05) is 64.2 Å². The van der Waals surface area contributed by atoms with E-state index < -0.39 is 190 Å². The molecule has 0 bridgehead atoms. The highest BCUT2D eigenvalue weighted by Gasteiger charge is 2.46. The molecule has 0 radical (unpaired) electrons. The normalized spacial score (nSPS) is 25.6. The van der Waals surface area contributed by atoms with Crippen LogP contribution < -0.4 is 85.9 Å². The van der Waals surface area contributed by atoms with Crippen molar-refractivity contribution < 1.29 is 71.9 Å². The Morgan fingerprint density at radius 3 is 0.728 bits per heavy atom. The van der Waals surface area contributed by atoms with E-state index in [4.69, 9.17) is 11.5 Å². The molecular formula is C50H78N16O15. The molecule has 5 aliphatic rings. The monoisotopic (exact) mass is 1140 g/mol. The van der Waals surface area contributed by atoms with Gasteiger partial charge in [0.2, 0.25) is 88.6 Å². The van der Waals surface area contributed by atoms with Crippen LogP contribution in [0, 0.1) is 0 Å². The van der Waals surface area contributed by atoms with Crippen LogP contribution in [-0.4, -0.2) is 177 Å². The molecule has 0 saturated carbocycles. The molecule has 5 aliphatic heterocycles. The fourth-order valence-corrected chi connectivity index (χ4v) is 9.86. The molecule has 448 valence electrons. The largest absolute Gasteiger partial charge is 0.370 e. The van der Waals surface area contributed by atoms with Crippen LogP contribution in [0.15, 0.2) is 0 Å². The number of carbonyl (C=O) groups excluding carboxylic acids is 15. The van der Waals surface area contributed by atoms with Crippen LogP contribution in [0.2, 0.25) is 0 Å². The molecule has 0 aromatic carbocycles. The Balaban J connectivity index is 1.08. The first-order valence-electron chi connectivity index (χ1n) is 26.6. The summed E-state index contributed by atoms with van der Waals surface area (Å²) in [6.07, 6.45) is -2.59. The van der Waals surface area contributed by atoms with Gasteiger partial charge in [0.1, 0.15) is 22.2 Å². The van der Waals surface area contributed by atoms with E-state index >= 15 is 0 Å². The van der Waals surface area contributed by atoms with Crippen molar-refractivity contribution in [2.45, 2.75) is 222 Å². The van der Waals surface area contributed by atoms with E-state index in [-0.39, 0.29) is 51.4 Å². The second-order valence-electron chi connectivity index (χ2n) is 24.2. The molecule has 5 fully saturated rings. The maximum absolute atomic E-state index is 13.7. The SMILES string of the molecule is CC(C)(N)C(=O)N[C@H]1CC(=O)N[C@@H]1CC(=O)NC(C)(C)C(=O)N[C@H]1CC(=O)N[C@@H]1CC(=O)NC(C)(C)C(=O)N[C@H]1CC(=O)N[C@@H]1CC(=O)NC(C)(C)C(=O)N[C@H]1CC(=O)N[C@@H]1CC(=O)NC(C)(C)C(=O)N[C@H]1CC(=O)N[C@@H]1CC(N)=O. The van der Waals surface area contributed by atoms with Gasteiger partial charge in [0.25, 0.3) is 0 Å². The lowest BCUT2D eigenvalue weighted by Gasteiger charge is -2.31. The minimum Gasteiger partial charge on any atom is -0.370 e. The predicted octanol–water partition coefficient (Wildman–Crippen LogP) is -7.39. The zero-order chi connectivity index (χ0) is 60.9. The molecule has 31 heteroatoms. The van der Waals surface area contributed by atoms with Crippen molar-refractivity contribution in [3.05, 3.63) is 0 Å². The second-order valence-corrected chi connectivity index (χ2v) is 24.2. The fourth-order valence-electron chi connectivity index (χ4n) is 9.86. The number of rotatable bonds is 24. The van der Waals surface area contributed by atoms with Gasteiger partial charge >= 0.3 is 0 Å². The quantitative estimate of drug-likeness (QED) is 0.0427. The van der Waals surface area contributed by atoms with Crippen LogP contribution in [0.4, 0.5) is 0 Å². The smallest absolute Gasteiger partial charge is 0.245 e. The van der Waals surface area contributed by atoms with E-state index in [1.807, 2.05) is 0 Å². The first kappa shape index (κ1) is 63.8. The summed E-state index contributed by atoms with van der Waals surface area (Å²) in [6.45, 7) is 14.1. The molecule has 0 aromatic rings. The lowest BCUT2D eigenvalue weighted by atomic mass is 9.97. The summed E-state index contributed by atoms with van der Waals surface area (Å²) < 4.78 is 0. The highest BCUT2D eigenvalue weighted by molar-refractivity contribution is 5.97. The molecule has 81 heavy (non-hydrogen) atoms. The predicted molar refractivity (Wildman–Crippen MR) is 282 cm³/mol. The Morgan fingerprint density at radius 2 is 0.543 bits per heavy atom. The van der Waals surface area contributed by atoms with Gasteiger partial charge in [-0.2, -0.15) is 0 Å². The third kappa shape index (κ3) is 17.5. The van der Waals surface area contributed by atoms with Crippen molar-refractivity contribution in [2.24, 2.45) is 11.5 Å². The number of primary amides is 1. The molecule has 5 saturated heterocycles. The number of hydrogen-bond donors (Lipinski definition) is 16. The molecule has 0 unspecified atom stereocenters. The molecule has 15 amide bonds. The van der Waals surface area contributed by atoms with Crippen LogP contribution in [0.25, 0.3) is 0 Å². The van der Waals surface area contributed by atoms with Crippen molar-refractivity contribution in [2.75, 3.05) is 0 Å². The Hall–Kier alpha value is -7.99. The lowest BCUT2D eigenvalue weighted by Crippen LogP contribution is -2.61. The Labute approximate surface area is 466 Å². The van der Waals surface area contributed by atoms with Crippen molar-refractivity contribution >= 4 is 88.6 Å². The van der Waals surface area contributed by atoms with Gasteiger partial charge in [-0.3, -0.25) is 71.9 Å². The minimum absolute atomic E-state index is 0.0830. The number of carbonyl (C=O) groups is 15. The molecule has 0 spiro atoms. The van der Waals surface area contributed by atoms with Gasteiger partial charge in [-0.15, -0.1) is 0 Å². The van der Waals surface area contributed by atoms with E-state index in [0.717, 1.165) is 0 Å². The molecule has 5 rings (SSSR count). The summed E-state index contributed by atoms with van der Waals surface area (Å²) in [4.78, 5) is 193. The number of nitrogens with two attached hydrogens (primary N) is 2. The average Bonchev–Trinajstić information content (AvgIpc) is 4.13. The maximum Gasteiger partial charge on any atom is 0.245 e. The molecule has 0 aliphatic carbocycles. The highest BCUT2D eigenvalue weighted by Crippen LogP contribution is 2.21. The second kappa shape index (κ2) is 24.8. The topological polar surface area (TPSA) is 477 Å². The fraction of sp³-hybridized carbons (Fsp3) is 0.700. The Bertz CT molecular complexity index is 2610. The summed E-state index contributed by atoms with van der Waals surface area (Å²) in [7, 11) is 0. The maximum atomic E-state index is 13.7. The Morgan fingerprint density at radius 1 is 0.358 bits per heavy atom. The lowest BCUT2D eigenvalue weighted by molar-refractivity contribution is -0.134. The molecule has 5 heterocycles. The number of hydrogen-bond acceptors (Lipinski definition) is 16. The third-order valence-corrected chi connectivity index (χ3v) is 14.5. The van der Waals surface area contributed by atoms with Crippen LogP contribution in [0.5, 0.6) is 0 Å². The molecule has 0 aromatic heterocycles. The standard InChI is InChI=1S/C50H78N16O15/c1-46(2,52)41(77)58-27-13-33(69)54-22(27)17-37(73)63-48(5,6)43(79)60-29-15-35(71)56-24(29)19-39(75)65-50(9,10)45(81)62-30-16-36(72)57-25(30)20-40(76)66-49(7,8)44(80)61-28-14-34(70)55-23(28)18-38(74)64-47(3,4)42(78)59-26-12-32(68)53-21(26)11-31(51)67/h21-30H,11-20,52H2,1-10H3,(H2,51,67)(H,53,68)(H,54,69)(H,55,70)(H,56,71)(H,57,72)(H,58,77)(H,59,78)(H,60,79)(H,61,80)(H,62,81)(H,63,73)(H,64,74)(H,65,75)(H,66,76)/t21-,22-,23-,24-,25-,26+,27+,28+,29+,30+/m1/s1. The van der Waals surface area contributed by atoms with Crippen LogP contribution in [0.3, 0.4) is 0 Å². The van der Waals surface area contributed by atoms with Crippen molar-refractivity contribution in [1.82, 2.24) is 74.4 Å². The van der Waals surface area contributed by atoms with Crippen molar-refractivity contribution in [1.29, 1.82) is 0 Å². The Kier molecular flexibility index (Phi) is 19.5. The van der Waals surface area contributed by atoms with Gasteiger partial charge in [0.15, 0.2) is 0 Å². The summed E-state index contributed by atoms with van der Waals surface area (Å²) in [5, 5.41) is 36.9. The van der Waals surface area contributed by atoms with Gasteiger partial charge in [0.05, 0.1) is 66.0 Å². The number of amides is 15. The number of nitrogens with one attached hydrogen (secondary N) is 14. The van der Waals surface area contributed by atoms with E-state index in [1.54, 1.807) is 0 Å². The van der Waals surface area contributed by atoms with E-state index in [2.05, 4.69) is 74.4 Å². The van der Waals surface area contributed by atoms with Crippen molar-refractivity contribution in [3.8, 4) is 0 Å². The molecule has 10 atom stereocenters. The minimum atomic E-state index is -1.64. The zero-order valence-electron chi connectivity index (χ0n) is 47.1. The van der Waals surface area contributed by atoms with E-state index in [9.17, 15) is 71.9 Å². The van der Waals surface area contributed by atoms with E-state index in [1.165, 1.54) is 69.2 Å². The third-order valence-electron chi connectivity index (χ3n) is 14.5. The van der Waals surface area contributed by atoms with Crippen LogP contribution in [0.1, 0.15) is 133 Å². The van der Waals surface area contributed by atoms with E-state index in [0.29, 0.717) is 0 Å². The van der Waals surface area contributed by atoms with Gasteiger partial charge in [-0.05, 0) is 69.2 Å². The summed E-state index contributed by atoms with van der Waals surface area (Å²) in [5.74, 6) is -9.10. The summed E-state index contributed by atoms with van der Waals surface area (Å²) >= 11 is 0. The van der Waals surface area contributed by atoms with Gasteiger partial charge in [-0.1, -0.05) is 0 Å². The van der Waals surface area contributed by atoms with Crippen molar-refractivity contribution in [3.63, 3.8) is 0 Å². The molecule has 18 N–H and O–H groups in total.